The molecule has 1 aliphatic rings. The third-order valence-electron chi connectivity index (χ3n) is 0.586. The van der Waals surface area contributed by atoms with Crippen LogP contribution >= 0.6 is 0 Å². The first kappa shape index (κ1) is 11.0. The molecule has 0 aromatic carbocycles. The zero-order valence-electron chi connectivity index (χ0n) is 4.98. The van der Waals surface area contributed by atoms with Gasteiger partial charge in [-0.05, 0) is 0 Å². The Labute approximate surface area is 64.4 Å². The van der Waals surface area contributed by atoms with Gasteiger partial charge in [0.25, 0.3) is 0 Å². The molecule has 0 fully saturated rings. The zero-order valence-corrected chi connectivity index (χ0v) is 6.62. The number of allylic oxidation sites excluding steroid dienone is 4. The third kappa shape index (κ3) is 6.10. The summed E-state index contributed by atoms with van der Waals surface area (Å²) in [5.74, 6) is 0. The van der Waals surface area contributed by atoms with Gasteiger partial charge in [0.1, 0.15) is 0 Å². The SMILES string of the molecule is [C-]1=CC=CC1.[CH2-]C.[Rh+2]. The average molecular weight is 197 g/mol. The van der Waals surface area contributed by atoms with Gasteiger partial charge in [-0.15, -0.1) is 6.42 Å². The van der Waals surface area contributed by atoms with E-state index in [0.717, 1.165) is 6.42 Å². The van der Waals surface area contributed by atoms with Crippen LogP contribution in [0.25, 0.3) is 0 Å². The van der Waals surface area contributed by atoms with Crippen LogP contribution in [0.2, 0.25) is 0 Å². The van der Waals surface area contributed by atoms with Gasteiger partial charge in [-0.3, -0.25) is 6.08 Å². The predicted octanol–water partition coefficient (Wildman–Crippen LogP) is 2.14. The van der Waals surface area contributed by atoms with E-state index in [9.17, 15) is 0 Å². The molecule has 47 valence electrons. The van der Waals surface area contributed by atoms with Crippen molar-refractivity contribution in [3.8, 4) is 0 Å². The summed E-state index contributed by atoms with van der Waals surface area (Å²) in [6.45, 7) is 5.00. The van der Waals surface area contributed by atoms with Crippen molar-refractivity contribution in [3.63, 3.8) is 0 Å². The van der Waals surface area contributed by atoms with Crippen LogP contribution in [0.3, 0.4) is 0 Å². The monoisotopic (exact) mass is 197 g/mol. The van der Waals surface area contributed by atoms with Crippen molar-refractivity contribution in [1.29, 1.82) is 0 Å². The Kier molecular flexibility index (Phi) is 13.9. The fraction of sp³-hybridized carbons (Fsp3) is 0.286. The number of hydrogen-bond acceptors (Lipinski definition) is 0. The van der Waals surface area contributed by atoms with E-state index in [1.165, 1.54) is 0 Å². The van der Waals surface area contributed by atoms with E-state index in [4.69, 9.17) is 0 Å². The van der Waals surface area contributed by atoms with Gasteiger partial charge in [0.2, 0.25) is 0 Å². The second-order valence-electron chi connectivity index (χ2n) is 1.00. The van der Waals surface area contributed by atoms with Crippen LogP contribution in [0.15, 0.2) is 18.2 Å². The molecule has 0 heterocycles. The van der Waals surface area contributed by atoms with Crippen LogP contribution in [-0.2, 0) is 19.5 Å². The van der Waals surface area contributed by atoms with Crippen molar-refractivity contribution in [2.75, 3.05) is 0 Å². The van der Waals surface area contributed by atoms with Gasteiger partial charge < -0.3 is 6.92 Å². The minimum absolute atomic E-state index is 0. The van der Waals surface area contributed by atoms with Gasteiger partial charge >= 0.3 is 19.5 Å². The van der Waals surface area contributed by atoms with Crippen molar-refractivity contribution < 1.29 is 19.5 Å². The van der Waals surface area contributed by atoms with E-state index in [-0.39, 0.29) is 19.5 Å². The molecule has 0 nitrogen and oxygen atoms in total. The summed E-state index contributed by atoms with van der Waals surface area (Å²) in [6.07, 6.45) is 10.0. The molecule has 0 bridgehead atoms. The standard InChI is InChI=1S/C5H5.C2H5.Rh/c1-2-4-5-3-1;1-2;/h1-3H,4H2;1H2,2H3;/q2*-1;+2. The Morgan fingerprint density at radius 1 is 1.50 bits per heavy atom. The van der Waals surface area contributed by atoms with Crippen LogP contribution in [0.4, 0.5) is 0 Å². The molecule has 0 saturated heterocycles. The number of hydrogen-bond donors (Lipinski definition) is 0. The molecule has 0 amide bonds. The van der Waals surface area contributed by atoms with Crippen LogP contribution in [-0.4, -0.2) is 0 Å². The summed E-state index contributed by atoms with van der Waals surface area (Å²) in [5, 5.41) is 0. The Bertz CT molecular complexity index is 62.5. The molecule has 0 unspecified atom stereocenters. The van der Waals surface area contributed by atoms with Gasteiger partial charge in [-0.25, -0.2) is 12.2 Å². The Hall–Kier alpha value is 0.103. The summed E-state index contributed by atoms with van der Waals surface area (Å²) in [6, 6.07) is 0. The van der Waals surface area contributed by atoms with E-state index < -0.39 is 0 Å². The second-order valence-corrected chi connectivity index (χ2v) is 1.00. The van der Waals surface area contributed by atoms with E-state index >= 15 is 0 Å². The maximum Gasteiger partial charge on any atom is 2.00 e. The molecular formula is C7H10Rh. The summed E-state index contributed by atoms with van der Waals surface area (Å²) in [5.41, 5.74) is 0. The Morgan fingerprint density at radius 2 is 2.12 bits per heavy atom. The molecule has 0 aromatic rings. The molecule has 0 N–H and O–H groups in total. The molecule has 1 aliphatic carbocycles. The fourth-order valence-electron chi connectivity index (χ4n) is 0.340. The Balaban J connectivity index is 0. The summed E-state index contributed by atoms with van der Waals surface area (Å²) < 4.78 is 0. The molecule has 0 saturated carbocycles. The molecule has 0 atom stereocenters. The molecule has 0 aromatic heterocycles. The van der Waals surface area contributed by atoms with Crippen molar-refractivity contribution in [1.82, 2.24) is 0 Å². The first-order valence-corrected chi connectivity index (χ1v) is 2.42. The third-order valence-corrected chi connectivity index (χ3v) is 0.586. The fourth-order valence-corrected chi connectivity index (χ4v) is 0.340. The largest absolute Gasteiger partial charge is 2.00 e. The molecule has 1 heteroatoms. The molecule has 8 heavy (non-hydrogen) atoms. The van der Waals surface area contributed by atoms with E-state index in [2.05, 4.69) is 19.1 Å². The first-order chi connectivity index (χ1) is 3.50. The van der Waals surface area contributed by atoms with Gasteiger partial charge in [-0.1, -0.05) is 0 Å². The Morgan fingerprint density at radius 3 is 2.25 bits per heavy atom. The van der Waals surface area contributed by atoms with Gasteiger partial charge in [0, 0.05) is 0 Å². The summed E-state index contributed by atoms with van der Waals surface area (Å²) in [4.78, 5) is 0. The summed E-state index contributed by atoms with van der Waals surface area (Å²) in [7, 11) is 0. The van der Waals surface area contributed by atoms with Gasteiger partial charge in [-0.2, -0.15) is 13.0 Å². The quantitative estimate of drug-likeness (QED) is 0.412. The summed E-state index contributed by atoms with van der Waals surface area (Å²) >= 11 is 0. The topological polar surface area (TPSA) is 0 Å². The van der Waals surface area contributed by atoms with Crippen molar-refractivity contribution >= 4 is 0 Å². The van der Waals surface area contributed by atoms with Crippen LogP contribution < -0.4 is 0 Å². The predicted molar refractivity (Wildman–Crippen MR) is 32.6 cm³/mol. The normalized spacial score (nSPS) is 11.8. The smallest absolute Gasteiger partial charge is 0.346 e. The minimum atomic E-state index is 0. The van der Waals surface area contributed by atoms with E-state index in [1.54, 1.807) is 6.92 Å². The van der Waals surface area contributed by atoms with Crippen LogP contribution in [0.5, 0.6) is 0 Å². The molecule has 0 spiro atoms. The van der Waals surface area contributed by atoms with Crippen LogP contribution in [0.1, 0.15) is 13.3 Å². The second kappa shape index (κ2) is 10.2. The minimum Gasteiger partial charge on any atom is -0.346 e. The molecule has 1 radical (unpaired) electrons. The van der Waals surface area contributed by atoms with E-state index in [0.29, 0.717) is 0 Å². The van der Waals surface area contributed by atoms with Gasteiger partial charge in [0.05, 0.1) is 0 Å². The van der Waals surface area contributed by atoms with Crippen molar-refractivity contribution in [2.45, 2.75) is 13.3 Å². The van der Waals surface area contributed by atoms with Crippen molar-refractivity contribution in [2.24, 2.45) is 0 Å². The van der Waals surface area contributed by atoms with Gasteiger partial charge in [0.15, 0.2) is 0 Å². The maximum absolute atomic E-state index is 3.25. The van der Waals surface area contributed by atoms with E-state index in [1.807, 2.05) is 12.2 Å². The number of rotatable bonds is 0. The van der Waals surface area contributed by atoms with Crippen molar-refractivity contribution in [3.05, 3.63) is 31.2 Å². The maximum atomic E-state index is 3.25. The zero-order chi connectivity index (χ0) is 5.54. The van der Waals surface area contributed by atoms with Crippen LogP contribution in [0, 0.1) is 13.0 Å². The molecular weight excluding hydrogens is 187 g/mol. The average Bonchev–Trinajstić information content (AvgIpc) is 2.23. The first-order valence-electron chi connectivity index (χ1n) is 2.42. The molecule has 0 aliphatic heterocycles. The molecule has 1 rings (SSSR count).